The molecule has 4 aromatic carbocycles. The number of esters is 1. The minimum Gasteiger partial charge on any atom is -0.452 e. The molecule has 2 amide bonds. The van der Waals surface area contributed by atoms with Crippen LogP contribution in [0.4, 0.5) is 18.0 Å². The summed E-state index contributed by atoms with van der Waals surface area (Å²) in [4.78, 5) is 40.3. The van der Waals surface area contributed by atoms with Gasteiger partial charge in [-0.15, -0.1) is 0 Å². The highest BCUT2D eigenvalue weighted by atomic mass is 19.4. The molecule has 0 N–H and O–H groups in total. The molecular formula is C36H35F3N2O5. The van der Waals surface area contributed by atoms with Gasteiger partial charge < -0.3 is 19.3 Å². The van der Waals surface area contributed by atoms with E-state index in [2.05, 4.69) is 12.1 Å². The van der Waals surface area contributed by atoms with Crippen LogP contribution < -0.4 is 0 Å². The second-order valence-electron chi connectivity index (χ2n) is 11.5. The normalized spacial score (nSPS) is 13.8. The fraction of sp³-hybridized carbons (Fsp3) is 0.306. The summed E-state index contributed by atoms with van der Waals surface area (Å²) in [6, 6.07) is 22.0. The molecule has 1 aliphatic heterocycles. The van der Waals surface area contributed by atoms with Crippen LogP contribution in [-0.4, -0.2) is 68.2 Å². The van der Waals surface area contributed by atoms with Gasteiger partial charge in [-0.05, 0) is 94.6 Å². The van der Waals surface area contributed by atoms with Crippen molar-refractivity contribution in [2.45, 2.75) is 31.9 Å². The van der Waals surface area contributed by atoms with Gasteiger partial charge in [-0.1, -0.05) is 48.5 Å². The summed E-state index contributed by atoms with van der Waals surface area (Å²) in [7, 11) is 3.14. The van der Waals surface area contributed by atoms with Crippen LogP contribution in [0.3, 0.4) is 0 Å². The number of likely N-dealkylation sites (N-methyl/N-ethyl adjacent to an activating group) is 1. The van der Waals surface area contributed by atoms with Crippen LogP contribution in [0.25, 0.3) is 33.0 Å². The van der Waals surface area contributed by atoms with Gasteiger partial charge in [-0.3, -0.25) is 4.79 Å². The summed E-state index contributed by atoms with van der Waals surface area (Å²) in [5, 5.41) is 1.53. The quantitative estimate of drug-likeness (QED) is 0.195. The van der Waals surface area contributed by atoms with Gasteiger partial charge in [-0.25, -0.2) is 9.59 Å². The second kappa shape index (κ2) is 13.6. The minimum atomic E-state index is -4.43. The average molecular weight is 633 g/mol. The van der Waals surface area contributed by atoms with Gasteiger partial charge in [0.25, 0.3) is 5.91 Å². The Balaban J connectivity index is 1.47. The zero-order valence-electron chi connectivity index (χ0n) is 25.9. The summed E-state index contributed by atoms with van der Waals surface area (Å²) >= 11 is 0. The lowest BCUT2D eigenvalue weighted by Crippen LogP contribution is -2.38. The van der Waals surface area contributed by atoms with Crippen molar-refractivity contribution in [2.24, 2.45) is 0 Å². The van der Waals surface area contributed by atoms with E-state index in [9.17, 15) is 27.6 Å². The number of benzene rings is 4. The predicted octanol–water partition coefficient (Wildman–Crippen LogP) is 7.77. The molecular weight excluding hydrogens is 597 g/mol. The maximum atomic E-state index is 13.1. The predicted molar refractivity (Wildman–Crippen MR) is 169 cm³/mol. The number of likely N-dealkylation sites (tertiary alicyclic amines) is 1. The molecule has 0 atom stereocenters. The number of alkyl halides is 3. The number of halogens is 3. The highest BCUT2D eigenvalue weighted by Gasteiger charge is 2.30. The van der Waals surface area contributed by atoms with Crippen molar-refractivity contribution in [3.8, 4) is 22.3 Å². The molecule has 4 aromatic rings. The Hall–Kier alpha value is -4.86. The number of piperidine rings is 1. The van der Waals surface area contributed by atoms with Gasteiger partial charge >= 0.3 is 18.2 Å². The molecule has 1 saturated heterocycles. The first-order valence-electron chi connectivity index (χ1n) is 15.1. The highest BCUT2D eigenvalue weighted by Crippen LogP contribution is 2.36. The number of hydrogen-bond acceptors (Lipinski definition) is 5. The zero-order chi connectivity index (χ0) is 33.0. The Kier molecular flexibility index (Phi) is 9.65. The second-order valence-corrected chi connectivity index (χ2v) is 11.5. The maximum absolute atomic E-state index is 13.1. The minimum absolute atomic E-state index is 0.244. The molecule has 0 spiro atoms. The van der Waals surface area contributed by atoms with E-state index in [1.165, 1.54) is 17.0 Å². The molecule has 0 saturated carbocycles. The summed E-state index contributed by atoms with van der Waals surface area (Å²) in [6.07, 6.45) is -3.08. The van der Waals surface area contributed by atoms with Gasteiger partial charge in [-0.2, -0.15) is 13.2 Å². The van der Waals surface area contributed by atoms with Crippen molar-refractivity contribution in [2.75, 3.05) is 40.4 Å². The smallest absolute Gasteiger partial charge is 0.416 e. The van der Waals surface area contributed by atoms with E-state index in [1.807, 2.05) is 30.3 Å². The first-order chi connectivity index (χ1) is 21.9. The van der Waals surface area contributed by atoms with Crippen molar-refractivity contribution in [3.05, 3.63) is 95.6 Å². The number of amides is 2. The molecule has 0 aromatic heterocycles. The molecule has 0 aliphatic carbocycles. The maximum Gasteiger partial charge on any atom is 0.416 e. The van der Waals surface area contributed by atoms with Crippen molar-refractivity contribution >= 4 is 28.7 Å². The van der Waals surface area contributed by atoms with E-state index < -0.39 is 24.3 Å². The van der Waals surface area contributed by atoms with Gasteiger partial charge in [0.15, 0.2) is 6.61 Å². The molecule has 1 heterocycles. The van der Waals surface area contributed by atoms with E-state index >= 15 is 0 Å². The Bertz CT molecular complexity index is 1730. The number of carbonyl (C=O) groups excluding carboxylic acids is 3. The largest absolute Gasteiger partial charge is 0.452 e. The third-order valence-electron chi connectivity index (χ3n) is 8.27. The van der Waals surface area contributed by atoms with E-state index in [1.54, 1.807) is 38.1 Å². The van der Waals surface area contributed by atoms with Gasteiger partial charge in [0.2, 0.25) is 0 Å². The van der Waals surface area contributed by atoms with E-state index in [0.717, 1.165) is 47.1 Å². The Morgan fingerprint density at radius 1 is 0.826 bits per heavy atom. The lowest BCUT2D eigenvalue weighted by Gasteiger charge is -2.31. The number of rotatable bonds is 7. The number of nitrogens with zero attached hydrogens (tertiary/aromatic N) is 2. The van der Waals surface area contributed by atoms with Crippen molar-refractivity contribution < 1.29 is 37.0 Å². The van der Waals surface area contributed by atoms with E-state index in [4.69, 9.17) is 9.47 Å². The van der Waals surface area contributed by atoms with E-state index in [0.29, 0.717) is 42.1 Å². The monoisotopic (exact) mass is 632 g/mol. The number of fused-ring (bicyclic) bond motifs is 1. The van der Waals surface area contributed by atoms with Crippen LogP contribution in [-0.2, 0) is 20.4 Å². The summed E-state index contributed by atoms with van der Waals surface area (Å²) in [5.74, 6) is -0.732. The molecule has 240 valence electrons. The molecule has 1 fully saturated rings. The SMILES string of the molecule is CCOC(=O)N1CCC(c2ccc(-c3cc(C(=O)OCC(=O)N(C)C)cc4cc(-c5ccc(C(F)(F)F)cc5)ccc34)cc2)CC1. The van der Waals surface area contributed by atoms with Crippen LogP contribution in [0, 0.1) is 0 Å². The standard InChI is InChI=1S/C36H35F3N2O5/c1-4-45-35(44)41-17-15-25(16-18-41)23-5-7-26(8-6-23)32-21-29(34(43)46-22-33(42)40(2)3)20-28-19-27(11-14-31(28)32)24-9-12-30(13-10-24)36(37,38)39/h5-14,19-21,25H,4,15-18,22H2,1-3H3. The van der Waals surface area contributed by atoms with Crippen LogP contribution in [0.5, 0.6) is 0 Å². The summed E-state index contributed by atoms with van der Waals surface area (Å²) < 4.78 is 49.8. The van der Waals surface area contributed by atoms with Gasteiger partial charge in [0.1, 0.15) is 0 Å². The molecule has 1 aliphatic rings. The number of ether oxygens (including phenoxy) is 2. The van der Waals surface area contributed by atoms with Gasteiger partial charge in [0, 0.05) is 27.2 Å². The fourth-order valence-corrected chi connectivity index (χ4v) is 5.64. The topological polar surface area (TPSA) is 76.1 Å². The molecule has 46 heavy (non-hydrogen) atoms. The van der Waals surface area contributed by atoms with E-state index in [-0.39, 0.29) is 17.6 Å². The molecule has 0 radical (unpaired) electrons. The number of carbonyl (C=O) groups is 3. The van der Waals surface area contributed by atoms with Crippen LogP contribution in [0.2, 0.25) is 0 Å². The number of hydrogen-bond donors (Lipinski definition) is 0. The first kappa shape index (κ1) is 32.5. The lowest BCUT2D eigenvalue weighted by molar-refractivity contribution is -0.137. The molecule has 0 bridgehead atoms. The third-order valence-corrected chi connectivity index (χ3v) is 8.27. The molecule has 5 rings (SSSR count). The van der Waals surface area contributed by atoms with Crippen LogP contribution in [0.1, 0.15) is 47.2 Å². The lowest BCUT2D eigenvalue weighted by atomic mass is 9.87. The fourth-order valence-electron chi connectivity index (χ4n) is 5.64. The Morgan fingerprint density at radius 2 is 1.46 bits per heavy atom. The Labute approximate surface area is 265 Å². The van der Waals surface area contributed by atoms with Crippen molar-refractivity contribution in [1.29, 1.82) is 0 Å². The molecule has 10 heteroatoms. The molecule has 0 unspecified atom stereocenters. The van der Waals surface area contributed by atoms with Crippen molar-refractivity contribution in [1.82, 2.24) is 9.80 Å². The average Bonchev–Trinajstić information content (AvgIpc) is 3.06. The molecule has 7 nitrogen and oxygen atoms in total. The van der Waals surface area contributed by atoms with Gasteiger partial charge in [0.05, 0.1) is 17.7 Å². The summed E-state index contributed by atoms with van der Waals surface area (Å²) in [5.41, 5.74) is 3.58. The Morgan fingerprint density at radius 3 is 2.07 bits per heavy atom. The van der Waals surface area contributed by atoms with Crippen LogP contribution in [0.15, 0.2) is 78.9 Å². The van der Waals surface area contributed by atoms with Crippen LogP contribution >= 0.6 is 0 Å². The highest BCUT2D eigenvalue weighted by molar-refractivity contribution is 6.04. The third kappa shape index (κ3) is 7.33. The first-order valence-corrected chi connectivity index (χ1v) is 15.1. The zero-order valence-corrected chi connectivity index (χ0v) is 25.9. The van der Waals surface area contributed by atoms with Crippen molar-refractivity contribution in [3.63, 3.8) is 0 Å². The summed E-state index contributed by atoms with van der Waals surface area (Å²) in [6.45, 7) is 2.97.